The van der Waals surface area contributed by atoms with E-state index >= 15 is 0 Å². The van der Waals surface area contributed by atoms with Gasteiger partial charge in [0.15, 0.2) is 5.96 Å². The van der Waals surface area contributed by atoms with Gasteiger partial charge in [0, 0.05) is 25.7 Å². The van der Waals surface area contributed by atoms with Gasteiger partial charge in [0.1, 0.15) is 0 Å². The zero-order valence-corrected chi connectivity index (χ0v) is 17.4. The van der Waals surface area contributed by atoms with Crippen LogP contribution < -0.4 is 10.6 Å². The number of carbonyl (C=O) groups excluding carboxylic acids is 2. The molecule has 0 aromatic heterocycles. The number of nitrogens with zero attached hydrogens (tertiary/aromatic N) is 2. The van der Waals surface area contributed by atoms with Crippen molar-refractivity contribution in [2.24, 2.45) is 4.99 Å². The predicted molar refractivity (Wildman–Crippen MR) is 111 cm³/mol. The second-order valence-corrected chi connectivity index (χ2v) is 6.07. The van der Waals surface area contributed by atoms with Gasteiger partial charge >= 0.3 is 0 Å². The molecule has 0 bridgehead atoms. The maximum atomic E-state index is 12.2. The van der Waals surface area contributed by atoms with Crippen molar-refractivity contribution in [3.05, 3.63) is 35.4 Å². The van der Waals surface area contributed by atoms with Crippen LogP contribution in [0.1, 0.15) is 54.3 Å². The standard InChI is InChI=1S/C18H26N4O2.HI/c1-4-19-18(21-13(2)3)20-11-7-8-12-22-16(23)14-9-5-6-10-15(14)17(22)24;/h5-6,9-10,13H,4,7-8,11-12H2,1-3H3,(H2,19,20,21);1H. The highest BCUT2D eigenvalue weighted by molar-refractivity contribution is 14.0. The highest BCUT2D eigenvalue weighted by Gasteiger charge is 2.34. The van der Waals surface area contributed by atoms with Crippen molar-refractivity contribution in [3.63, 3.8) is 0 Å². The Balaban J connectivity index is 0.00000312. The maximum Gasteiger partial charge on any atom is 0.261 e. The number of halogens is 1. The number of hydrogen-bond acceptors (Lipinski definition) is 3. The summed E-state index contributed by atoms with van der Waals surface area (Å²) in [5, 5.41) is 6.45. The Kier molecular flexibility index (Phi) is 8.88. The monoisotopic (exact) mass is 458 g/mol. The van der Waals surface area contributed by atoms with Crippen molar-refractivity contribution < 1.29 is 9.59 Å². The lowest BCUT2D eigenvalue weighted by atomic mass is 10.1. The van der Waals surface area contributed by atoms with E-state index < -0.39 is 0 Å². The molecule has 0 aliphatic carbocycles. The van der Waals surface area contributed by atoms with Gasteiger partial charge in [0.05, 0.1) is 11.1 Å². The number of hydrogen-bond donors (Lipinski definition) is 2. The molecule has 1 aromatic carbocycles. The first kappa shape index (κ1) is 21.4. The van der Waals surface area contributed by atoms with Gasteiger partial charge in [-0.15, -0.1) is 24.0 Å². The molecule has 138 valence electrons. The average molecular weight is 458 g/mol. The van der Waals surface area contributed by atoms with Gasteiger partial charge in [-0.05, 0) is 45.7 Å². The number of aliphatic imine (C=N–C) groups is 1. The Labute approximate surface area is 166 Å². The van der Waals surface area contributed by atoms with E-state index in [0.29, 0.717) is 30.3 Å². The molecule has 25 heavy (non-hydrogen) atoms. The van der Waals surface area contributed by atoms with E-state index in [1.165, 1.54) is 4.90 Å². The quantitative estimate of drug-likeness (QED) is 0.217. The molecule has 1 aromatic rings. The molecule has 0 saturated carbocycles. The zero-order chi connectivity index (χ0) is 17.5. The normalized spacial score (nSPS) is 13.8. The van der Waals surface area contributed by atoms with Gasteiger partial charge < -0.3 is 10.6 Å². The Hall–Kier alpha value is -1.64. The highest BCUT2D eigenvalue weighted by Crippen LogP contribution is 2.22. The molecule has 1 aliphatic rings. The molecule has 1 heterocycles. The van der Waals surface area contributed by atoms with Crippen molar-refractivity contribution in [2.45, 2.75) is 39.7 Å². The SMILES string of the molecule is CCNC(=NCCCCN1C(=O)c2ccccc2C1=O)NC(C)C.I. The summed E-state index contributed by atoms with van der Waals surface area (Å²) in [5.74, 6) is 0.427. The van der Waals surface area contributed by atoms with Gasteiger partial charge in [-0.2, -0.15) is 0 Å². The van der Waals surface area contributed by atoms with E-state index in [0.717, 1.165) is 25.3 Å². The number of rotatable bonds is 7. The van der Waals surface area contributed by atoms with Crippen LogP contribution in [0.5, 0.6) is 0 Å². The third-order valence-corrected chi connectivity index (χ3v) is 3.71. The lowest BCUT2D eigenvalue weighted by molar-refractivity contribution is 0.0652. The van der Waals surface area contributed by atoms with Gasteiger partial charge in [0.25, 0.3) is 11.8 Å². The largest absolute Gasteiger partial charge is 0.357 e. The Morgan fingerprint density at radius 2 is 1.72 bits per heavy atom. The van der Waals surface area contributed by atoms with Crippen LogP contribution in [0.4, 0.5) is 0 Å². The molecule has 0 spiro atoms. The number of imide groups is 1. The van der Waals surface area contributed by atoms with Crippen molar-refractivity contribution in [1.29, 1.82) is 0 Å². The Bertz CT molecular complexity index is 596. The summed E-state index contributed by atoms with van der Waals surface area (Å²) in [4.78, 5) is 30.3. The van der Waals surface area contributed by atoms with Crippen LogP contribution in [-0.2, 0) is 0 Å². The number of amides is 2. The predicted octanol–water partition coefficient (Wildman–Crippen LogP) is 2.64. The molecule has 7 heteroatoms. The van der Waals surface area contributed by atoms with Gasteiger partial charge in [-0.25, -0.2) is 0 Å². The fourth-order valence-corrected chi connectivity index (χ4v) is 2.61. The van der Waals surface area contributed by atoms with Gasteiger partial charge in [-0.1, -0.05) is 12.1 Å². The molecule has 2 amide bonds. The van der Waals surface area contributed by atoms with E-state index in [4.69, 9.17) is 0 Å². The topological polar surface area (TPSA) is 73.8 Å². The fraction of sp³-hybridized carbons (Fsp3) is 0.500. The number of carbonyl (C=O) groups is 2. The van der Waals surface area contributed by atoms with Crippen LogP contribution in [-0.4, -0.2) is 48.3 Å². The molecular formula is C18H27IN4O2. The summed E-state index contributed by atoms with van der Waals surface area (Å²) in [5.41, 5.74) is 1.02. The summed E-state index contributed by atoms with van der Waals surface area (Å²) in [6, 6.07) is 7.31. The smallest absolute Gasteiger partial charge is 0.261 e. The van der Waals surface area contributed by atoms with Crippen LogP contribution in [0, 0.1) is 0 Å². The van der Waals surface area contributed by atoms with Crippen LogP contribution in [0.15, 0.2) is 29.3 Å². The second kappa shape index (κ2) is 10.4. The molecule has 0 saturated heterocycles. The van der Waals surface area contributed by atoms with E-state index in [1.54, 1.807) is 24.3 Å². The summed E-state index contributed by atoms with van der Waals surface area (Å²) < 4.78 is 0. The van der Waals surface area contributed by atoms with E-state index in [9.17, 15) is 9.59 Å². The number of unbranched alkanes of at least 4 members (excludes halogenated alkanes) is 1. The molecule has 0 fully saturated rings. The van der Waals surface area contributed by atoms with Crippen molar-refractivity contribution in [2.75, 3.05) is 19.6 Å². The van der Waals surface area contributed by atoms with Crippen molar-refractivity contribution >= 4 is 41.8 Å². The number of benzene rings is 1. The van der Waals surface area contributed by atoms with E-state index in [1.807, 2.05) is 6.92 Å². The fourth-order valence-electron chi connectivity index (χ4n) is 2.61. The van der Waals surface area contributed by atoms with Crippen LogP contribution >= 0.6 is 24.0 Å². The second-order valence-electron chi connectivity index (χ2n) is 6.07. The average Bonchev–Trinajstić information content (AvgIpc) is 2.79. The number of fused-ring (bicyclic) bond motifs is 1. The molecule has 0 atom stereocenters. The third kappa shape index (κ3) is 5.69. The Morgan fingerprint density at radius 1 is 1.12 bits per heavy atom. The van der Waals surface area contributed by atoms with Crippen molar-refractivity contribution in [1.82, 2.24) is 15.5 Å². The maximum absolute atomic E-state index is 12.2. The molecule has 0 radical (unpaired) electrons. The summed E-state index contributed by atoms with van der Waals surface area (Å²) in [6.45, 7) is 8.07. The molecule has 2 N–H and O–H groups in total. The molecule has 2 rings (SSSR count). The molecule has 1 aliphatic heterocycles. The zero-order valence-electron chi connectivity index (χ0n) is 15.0. The summed E-state index contributed by atoms with van der Waals surface area (Å²) >= 11 is 0. The number of guanidine groups is 1. The summed E-state index contributed by atoms with van der Waals surface area (Å²) in [7, 11) is 0. The lowest BCUT2D eigenvalue weighted by Gasteiger charge is -2.15. The highest BCUT2D eigenvalue weighted by atomic mass is 127. The van der Waals surface area contributed by atoms with Crippen LogP contribution in [0.3, 0.4) is 0 Å². The van der Waals surface area contributed by atoms with Gasteiger partial charge in [0.2, 0.25) is 0 Å². The first-order chi connectivity index (χ1) is 11.5. The van der Waals surface area contributed by atoms with Crippen LogP contribution in [0.2, 0.25) is 0 Å². The lowest BCUT2D eigenvalue weighted by Crippen LogP contribution is -2.41. The third-order valence-electron chi connectivity index (χ3n) is 3.71. The first-order valence-corrected chi connectivity index (χ1v) is 8.54. The van der Waals surface area contributed by atoms with E-state index in [-0.39, 0.29) is 35.8 Å². The molecule has 6 nitrogen and oxygen atoms in total. The minimum Gasteiger partial charge on any atom is -0.357 e. The summed E-state index contributed by atoms with van der Waals surface area (Å²) in [6.07, 6.45) is 1.57. The van der Waals surface area contributed by atoms with Gasteiger partial charge in [-0.3, -0.25) is 19.5 Å². The minimum atomic E-state index is -0.186. The first-order valence-electron chi connectivity index (χ1n) is 8.54. The minimum absolute atomic E-state index is 0. The van der Waals surface area contributed by atoms with E-state index in [2.05, 4.69) is 29.5 Å². The number of nitrogens with one attached hydrogen (secondary N) is 2. The Morgan fingerprint density at radius 3 is 2.24 bits per heavy atom. The van der Waals surface area contributed by atoms with Crippen LogP contribution in [0.25, 0.3) is 0 Å². The molecular weight excluding hydrogens is 431 g/mol. The van der Waals surface area contributed by atoms with Crippen molar-refractivity contribution in [3.8, 4) is 0 Å². The molecule has 0 unspecified atom stereocenters.